The third-order valence-corrected chi connectivity index (χ3v) is 9.49. The number of anilines is 2. The molecular formula is C28H32F2N2O2S. The summed E-state index contributed by atoms with van der Waals surface area (Å²) < 4.78 is 30.0. The van der Waals surface area contributed by atoms with Crippen LogP contribution < -0.4 is 9.62 Å². The van der Waals surface area contributed by atoms with E-state index in [2.05, 4.69) is 16.9 Å². The van der Waals surface area contributed by atoms with Crippen LogP contribution in [0.2, 0.25) is 0 Å². The molecule has 1 unspecified atom stereocenters. The van der Waals surface area contributed by atoms with E-state index in [0.29, 0.717) is 23.1 Å². The number of nitrogens with zero attached hydrogens (tertiary/aromatic N) is 1. The molecule has 0 bridgehead atoms. The molecule has 6 rings (SSSR count). The first kappa shape index (κ1) is 23.3. The summed E-state index contributed by atoms with van der Waals surface area (Å²) in [5.41, 5.74) is 4.85. The zero-order chi connectivity index (χ0) is 24.4. The molecule has 1 aliphatic heterocycles. The molecule has 3 aliphatic carbocycles. The molecule has 2 spiro atoms. The first-order valence-corrected chi connectivity index (χ1v) is 13.9. The van der Waals surface area contributed by atoms with Crippen LogP contribution in [0.3, 0.4) is 0 Å². The fraction of sp³-hybridized carbons (Fsp3) is 0.536. The smallest absolute Gasteiger partial charge is 0.258 e. The van der Waals surface area contributed by atoms with E-state index in [0.717, 1.165) is 24.2 Å². The van der Waals surface area contributed by atoms with E-state index in [1.807, 2.05) is 17.2 Å². The van der Waals surface area contributed by atoms with Crippen LogP contribution in [-0.2, 0) is 5.41 Å². The van der Waals surface area contributed by atoms with E-state index < -0.39 is 17.9 Å². The minimum absolute atomic E-state index is 0.0242. The number of aliphatic hydroxyl groups excluding tert-OH is 1. The maximum absolute atomic E-state index is 13.8. The molecule has 4 nitrogen and oxygen atoms in total. The number of alkyl halides is 2. The van der Waals surface area contributed by atoms with Crippen molar-refractivity contribution in [2.24, 2.45) is 11.3 Å². The minimum Gasteiger partial charge on any atom is -0.388 e. The number of hydrogen-bond acceptors (Lipinski definition) is 4. The van der Waals surface area contributed by atoms with E-state index in [1.54, 1.807) is 36.2 Å². The Bertz CT molecular complexity index is 1150. The summed E-state index contributed by atoms with van der Waals surface area (Å²) in [5.74, 6) is -3.24. The molecule has 7 heteroatoms. The Balaban J connectivity index is 1.29. The van der Waals surface area contributed by atoms with E-state index >= 15 is 0 Å². The van der Waals surface area contributed by atoms with Crippen molar-refractivity contribution in [3.05, 3.63) is 59.2 Å². The zero-order valence-electron chi connectivity index (χ0n) is 20.0. The number of rotatable bonds is 5. The van der Waals surface area contributed by atoms with E-state index in [1.165, 1.54) is 31.2 Å². The second-order valence-electron chi connectivity index (χ2n) is 11.3. The maximum Gasteiger partial charge on any atom is 0.258 e. The molecule has 1 atom stereocenters. The number of hydrogen-bond donors (Lipinski definition) is 2. The first-order chi connectivity index (χ1) is 16.7. The molecule has 4 aliphatic rings. The van der Waals surface area contributed by atoms with Crippen molar-refractivity contribution in [3.8, 4) is 0 Å². The Kier molecular flexibility index (Phi) is 5.46. The molecular weight excluding hydrogens is 466 g/mol. The van der Waals surface area contributed by atoms with Gasteiger partial charge in [0, 0.05) is 53.9 Å². The van der Waals surface area contributed by atoms with Gasteiger partial charge in [-0.2, -0.15) is 0 Å². The summed E-state index contributed by atoms with van der Waals surface area (Å²) in [4.78, 5) is 15.7. The summed E-state index contributed by atoms with van der Waals surface area (Å²) in [6, 6.07) is 13.2. The molecule has 1 amide bonds. The SMILES string of the molecule is CSNc1ccc2c(c1)C1(CCC3(CC3)CC1)CN2C(=O)c1cccc(C(O)C2CC(F)(F)C2)c1. The number of benzene rings is 2. The molecule has 1 heterocycles. The van der Waals surface area contributed by atoms with Gasteiger partial charge >= 0.3 is 0 Å². The molecule has 0 aromatic heterocycles. The lowest BCUT2D eigenvalue weighted by Crippen LogP contribution is -2.40. The van der Waals surface area contributed by atoms with Gasteiger partial charge < -0.3 is 14.7 Å². The van der Waals surface area contributed by atoms with E-state index in [9.17, 15) is 18.7 Å². The average Bonchev–Trinajstić information content (AvgIpc) is 3.54. The fourth-order valence-electron chi connectivity index (χ4n) is 6.61. The van der Waals surface area contributed by atoms with Crippen LogP contribution in [0.4, 0.5) is 20.2 Å². The van der Waals surface area contributed by atoms with Crippen LogP contribution >= 0.6 is 11.9 Å². The van der Waals surface area contributed by atoms with Crippen LogP contribution in [0.5, 0.6) is 0 Å². The van der Waals surface area contributed by atoms with Gasteiger partial charge in [-0.1, -0.05) is 24.1 Å². The second kappa shape index (κ2) is 8.20. The molecule has 3 saturated carbocycles. The number of amides is 1. The van der Waals surface area contributed by atoms with Crippen LogP contribution in [0.25, 0.3) is 0 Å². The van der Waals surface area contributed by atoms with Crippen molar-refractivity contribution in [2.75, 3.05) is 22.4 Å². The lowest BCUT2D eigenvalue weighted by atomic mass is 9.66. The third kappa shape index (κ3) is 4.05. The fourth-order valence-corrected chi connectivity index (χ4v) is 6.97. The van der Waals surface area contributed by atoms with Crippen molar-refractivity contribution < 1.29 is 18.7 Å². The summed E-state index contributed by atoms with van der Waals surface area (Å²) in [6.45, 7) is 0.668. The maximum atomic E-state index is 13.8. The topological polar surface area (TPSA) is 52.6 Å². The minimum atomic E-state index is -2.68. The van der Waals surface area contributed by atoms with Gasteiger partial charge in [0.1, 0.15) is 0 Å². The van der Waals surface area contributed by atoms with Crippen molar-refractivity contribution in [1.29, 1.82) is 0 Å². The van der Waals surface area contributed by atoms with Crippen molar-refractivity contribution in [3.63, 3.8) is 0 Å². The first-order valence-electron chi connectivity index (χ1n) is 12.6. The van der Waals surface area contributed by atoms with E-state index in [4.69, 9.17) is 0 Å². The lowest BCUT2D eigenvalue weighted by Gasteiger charge is -2.38. The van der Waals surface area contributed by atoms with Gasteiger partial charge in [0.15, 0.2) is 0 Å². The standard InChI is InChI=1S/C28H32F2N2O2S/c1-35-31-21-5-6-23-22(14-21)27(11-9-26(7-8-26)10-12-27)17-32(23)25(34)19-4-2-3-18(13-19)24(33)20-15-28(29,30)16-20/h2-6,13-14,20,24,31,33H,7-12,15-17H2,1H3. The van der Waals surface area contributed by atoms with Gasteiger partial charge in [-0.25, -0.2) is 8.78 Å². The molecule has 0 saturated heterocycles. The largest absolute Gasteiger partial charge is 0.388 e. The molecule has 0 radical (unpaired) electrons. The molecule has 2 aromatic carbocycles. The van der Waals surface area contributed by atoms with Gasteiger partial charge in [0.05, 0.1) is 6.10 Å². The Labute approximate surface area is 209 Å². The number of nitrogens with one attached hydrogen (secondary N) is 1. The predicted octanol–water partition coefficient (Wildman–Crippen LogP) is 6.71. The Morgan fingerprint density at radius 2 is 1.80 bits per heavy atom. The summed E-state index contributed by atoms with van der Waals surface area (Å²) in [7, 11) is 0. The number of carbonyl (C=O) groups is 1. The van der Waals surface area contributed by atoms with Gasteiger partial charge in [0.25, 0.3) is 5.91 Å². The Morgan fingerprint density at radius 3 is 2.46 bits per heavy atom. The van der Waals surface area contributed by atoms with E-state index in [-0.39, 0.29) is 24.2 Å². The highest BCUT2D eigenvalue weighted by Crippen LogP contribution is 2.62. The van der Waals surface area contributed by atoms with Crippen LogP contribution in [0.15, 0.2) is 42.5 Å². The highest BCUT2D eigenvalue weighted by Gasteiger charge is 2.54. The summed E-state index contributed by atoms with van der Waals surface area (Å²) in [6.07, 6.45) is 7.75. The summed E-state index contributed by atoms with van der Waals surface area (Å²) >= 11 is 1.56. The monoisotopic (exact) mass is 498 g/mol. The highest BCUT2D eigenvalue weighted by molar-refractivity contribution is 7.99. The quantitative estimate of drug-likeness (QED) is 0.450. The molecule has 2 aromatic rings. The molecule has 2 N–H and O–H groups in total. The van der Waals surface area contributed by atoms with Gasteiger partial charge in [0.2, 0.25) is 5.92 Å². The van der Waals surface area contributed by atoms with Crippen molar-refractivity contribution >= 4 is 29.2 Å². The van der Waals surface area contributed by atoms with Crippen molar-refractivity contribution in [2.45, 2.75) is 68.8 Å². The van der Waals surface area contributed by atoms with Crippen LogP contribution in [-0.4, -0.2) is 29.7 Å². The number of carbonyl (C=O) groups excluding carboxylic acids is 1. The third-order valence-electron chi connectivity index (χ3n) is 9.05. The van der Waals surface area contributed by atoms with Gasteiger partial charge in [-0.3, -0.25) is 4.79 Å². The van der Waals surface area contributed by atoms with Crippen LogP contribution in [0, 0.1) is 11.3 Å². The van der Waals surface area contributed by atoms with Crippen LogP contribution in [0.1, 0.15) is 79.0 Å². The zero-order valence-corrected chi connectivity index (χ0v) is 20.8. The average molecular weight is 499 g/mol. The molecule has 3 fully saturated rings. The Hall–Kier alpha value is -2.12. The second-order valence-corrected chi connectivity index (χ2v) is 11.9. The highest BCUT2D eigenvalue weighted by atomic mass is 32.2. The van der Waals surface area contributed by atoms with Crippen molar-refractivity contribution in [1.82, 2.24) is 0 Å². The van der Waals surface area contributed by atoms with Gasteiger partial charge in [-0.15, -0.1) is 0 Å². The normalized spacial score (nSPS) is 24.2. The summed E-state index contributed by atoms with van der Waals surface area (Å²) in [5, 5.41) is 10.7. The predicted molar refractivity (Wildman–Crippen MR) is 136 cm³/mol. The van der Waals surface area contributed by atoms with Gasteiger partial charge in [-0.05, 0) is 85.4 Å². The Morgan fingerprint density at radius 1 is 1.09 bits per heavy atom. The lowest BCUT2D eigenvalue weighted by molar-refractivity contribution is -0.142. The molecule has 186 valence electrons. The number of aliphatic hydroxyl groups is 1. The molecule has 35 heavy (non-hydrogen) atoms. The number of fused-ring (bicyclic) bond motifs is 2. The number of halogens is 2.